The van der Waals surface area contributed by atoms with Gasteiger partial charge in [0.2, 0.25) is 0 Å². The van der Waals surface area contributed by atoms with Gasteiger partial charge in [0.1, 0.15) is 5.82 Å². The van der Waals surface area contributed by atoms with Crippen molar-refractivity contribution in [2.75, 3.05) is 13.6 Å². The number of nitrogens with one attached hydrogen (secondary N) is 2. The summed E-state index contributed by atoms with van der Waals surface area (Å²) in [7, 11) is -1.64. The summed E-state index contributed by atoms with van der Waals surface area (Å²) in [5.74, 6) is 0.868. The Morgan fingerprint density at radius 3 is 2.94 bits per heavy atom. The molecule has 0 aromatic carbocycles. The van der Waals surface area contributed by atoms with Crippen molar-refractivity contribution < 1.29 is 8.42 Å². The molecule has 0 saturated heterocycles. The fraction of sp³-hybridized carbons (Fsp3) is 0.700. The van der Waals surface area contributed by atoms with Gasteiger partial charge < -0.3 is 9.88 Å². The predicted octanol–water partition coefficient (Wildman–Crippen LogP) is 0.137. The van der Waals surface area contributed by atoms with Crippen molar-refractivity contribution in [2.45, 2.75) is 37.4 Å². The van der Waals surface area contributed by atoms with E-state index in [-0.39, 0.29) is 23.5 Å². The summed E-state index contributed by atoms with van der Waals surface area (Å²) < 4.78 is 28.5. The molecule has 18 heavy (non-hydrogen) atoms. The van der Waals surface area contributed by atoms with E-state index in [2.05, 4.69) is 15.0 Å². The lowest BCUT2D eigenvalue weighted by molar-refractivity contribution is 0.543. The Morgan fingerprint density at radius 1 is 1.56 bits per heavy atom. The van der Waals surface area contributed by atoms with Crippen LogP contribution in [0.25, 0.3) is 0 Å². The number of aryl methyl sites for hydroxylation is 1. The number of aromatic nitrogens is 2. The molecule has 6 nitrogen and oxygen atoms in total. The Kier molecular flexibility index (Phi) is 5.15. The minimum absolute atomic E-state index is 0. The molecule has 1 aromatic heterocycles. The van der Waals surface area contributed by atoms with Crippen molar-refractivity contribution in [1.82, 2.24) is 19.6 Å². The maximum Gasteiger partial charge on any atom is 0.257 e. The average molecular weight is 295 g/mol. The molecule has 1 aliphatic heterocycles. The minimum Gasteiger partial charge on any atom is -0.318 e. The van der Waals surface area contributed by atoms with E-state index in [1.54, 1.807) is 11.6 Å². The molecule has 1 aliphatic rings. The van der Waals surface area contributed by atoms with Crippen molar-refractivity contribution in [3.05, 3.63) is 12.0 Å². The Balaban J connectivity index is 0.00000162. The van der Waals surface area contributed by atoms with E-state index in [0.29, 0.717) is 6.54 Å². The molecule has 0 fully saturated rings. The van der Waals surface area contributed by atoms with Crippen LogP contribution in [0.4, 0.5) is 0 Å². The second-order valence-electron chi connectivity index (χ2n) is 4.31. The molecular formula is C10H19ClN4O2S. The standard InChI is InChI=1S/C10H18N4O2S.ClH/c1-8(11-2)6-13-17(15,16)10-7-12-9-4-3-5-14(9)10;/h7-8,11,13H,3-6H2,1-2H3;1H. The maximum absolute atomic E-state index is 12.1. The summed E-state index contributed by atoms with van der Waals surface area (Å²) in [4.78, 5) is 4.14. The van der Waals surface area contributed by atoms with Gasteiger partial charge in [0.05, 0.1) is 6.20 Å². The Bertz CT molecular complexity index is 500. The summed E-state index contributed by atoms with van der Waals surface area (Å²) in [5.41, 5.74) is 0. The number of sulfonamides is 1. The average Bonchev–Trinajstić information content (AvgIpc) is 2.87. The second kappa shape index (κ2) is 6.01. The van der Waals surface area contributed by atoms with Gasteiger partial charge in [-0.25, -0.2) is 18.1 Å². The Morgan fingerprint density at radius 2 is 2.28 bits per heavy atom. The van der Waals surface area contributed by atoms with E-state index in [1.807, 2.05) is 6.92 Å². The van der Waals surface area contributed by atoms with Crippen molar-refractivity contribution in [3.8, 4) is 0 Å². The zero-order valence-corrected chi connectivity index (χ0v) is 12.1. The van der Waals surface area contributed by atoms with Gasteiger partial charge in [-0.05, 0) is 20.4 Å². The highest BCUT2D eigenvalue weighted by Gasteiger charge is 2.24. The highest BCUT2D eigenvalue weighted by molar-refractivity contribution is 7.89. The number of likely N-dealkylation sites (N-methyl/N-ethyl adjacent to an activating group) is 1. The first-order chi connectivity index (χ1) is 8.04. The maximum atomic E-state index is 12.1. The first-order valence-corrected chi connectivity index (χ1v) is 7.24. The molecule has 1 atom stereocenters. The molecule has 104 valence electrons. The lowest BCUT2D eigenvalue weighted by Gasteiger charge is -2.12. The zero-order valence-electron chi connectivity index (χ0n) is 10.5. The van der Waals surface area contributed by atoms with Gasteiger partial charge in [-0.15, -0.1) is 12.4 Å². The van der Waals surface area contributed by atoms with Gasteiger partial charge in [0.15, 0.2) is 5.03 Å². The third-order valence-corrected chi connectivity index (χ3v) is 4.45. The number of rotatable bonds is 5. The highest BCUT2D eigenvalue weighted by Crippen LogP contribution is 2.19. The quantitative estimate of drug-likeness (QED) is 0.810. The van der Waals surface area contributed by atoms with Crippen LogP contribution in [-0.4, -0.2) is 37.6 Å². The van der Waals surface area contributed by atoms with E-state index < -0.39 is 10.0 Å². The Labute approximate surface area is 114 Å². The highest BCUT2D eigenvalue weighted by atomic mass is 35.5. The molecule has 8 heteroatoms. The number of nitrogens with zero attached hydrogens (tertiary/aromatic N) is 2. The number of hydrogen-bond donors (Lipinski definition) is 2. The molecule has 2 rings (SSSR count). The van der Waals surface area contributed by atoms with Crippen molar-refractivity contribution >= 4 is 22.4 Å². The zero-order chi connectivity index (χ0) is 12.5. The lowest BCUT2D eigenvalue weighted by atomic mass is 10.4. The summed E-state index contributed by atoms with van der Waals surface area (Å²) >= 11 is 0. The van der Waals surface area contributed by atoms with Crippen molar-refractivity contribution in [2.24, 2.45) is 0 Å². The van der Waals surface area contributed by atoms with E-state index in [1.165, 1.54) is 6.20 Å². The van der Waals surface area contributed by atoms with E-state index in [4.69, 9.17) is 0 Å². The fourth-order valence-electron chi connectivity index (χ4n) is 1.86. The third kappa shape index (κ3) is 3.03. The molecule has 1 unspecified atom stereocenters. The molecule has 0 spiro atoms. The molecule has 0 aliphatic carbocycles. The molecule has 1 aromatic rings. The van der Waals surface area contributed by atoms with Gasteiger partial charge in [0, 0.05) is 25.6 Å². The molecule has 2 heterocycles. The largest absolute Gasteiger partial charge is 0.318 e. The van der Waals surface area contributed by atoms with E-state index >= 15 is 0 Å². The molecule has 0 radical (unpaired) electrons. The molecule has 2 N–H and O–H groups in total. The second-order valence-corrected chi connectivity index (χ2v) is 6.02. The smallest absolute Gasteiger partial charge is 0.257 e. The van der Waals surface area contributed by atoms with Gasteiger partial charge in [-0.2, -0.15) is 0 Å². The number of hydrogen-bond acceptors (Lipinski definition) is 4. The van der Waals surface area contributed by atoms with Crippen LogP contribution in [0.15, 0.2) is 11.2 Å². The first kappa shape index (κ1) is 15.4. The van der Waals surface area contributed by atoms with Crippen LogP contribution in [0.2, 0.25) is 0 Å². The number of fused-ring (bicyclic) bond motifs is 1. The topological polar surface area (TPSA) is 76.0 Å². The van der Waals surface area contributed by atoms with Crippen LogP contribution in [-0.2, 0) is 23.0 Å². The SMILES string of the molecule is CNC(C)CNS(=O)(=O)c1cnc2n1CCC2.Cl. The van der Waals surface area contributed by atoms with Gasteiger partial charge in [-0.1, -0.05) is 0 Å². The minimum atomic E-state index is -3.44. The third-order valence-electron chi connectivity index (χ3n) is 3.03. The molecule has 0 amide bonds. The monoisotopic (exact) mass is 294 g/mol. The molecule has 0 bridgehead atoms. The van der Waals surface area contributed by atoms with Crippen LogP contribution < -0.4 is 10.0 Å². The van der Waals surface area contributed by atoms with E-state index in [9.17, 15) is 8.42 Å². The molecule has 0 saturated carbocycles. The van der Waals surface area contributed by atoms with Crippen LogP contribution >= 0.6 is 12.4 Å². The van der Waals surface area contributed by atoms with E-state index in [0.717, 1.165) is 25.2 Å². The summed E-state index contributed by atoms with van der Waals surface area (Å²) in [6, 6.07) is 0.103. The van der Waals surface area contributed by atoms with Gasteiger partial charge >= 0.3 is 0 Å². The van der Waals surface area contributed by atoms with Gasteiger partial charge in [-0.3, -0.25) is 0 Å². The van der Waals surface area contributed by atoms with Crippen LogP contribution in [0.1, 0.15) is 19.2 Å². The first-order valence-electron chi connectivity index (χ1n) is 5.76. The number of imidazole rings is 1. The lowest BCUT2D eigenvalue weighted by Crippen LogP contribution is -2.37. The summed E-state index contributed by atoms with van der Waals surface area (Å²) in [6.45, 7) is 3.04. The van der Waals surface area contributed by atoms with Gasteiger partial charge in [0.25, 0.3) is 10.0 Å². The Hall–Kier alpha value is -0.630. The molecular weight excluding hydrogens is 276 g/mol. The summed E-state index contributed by atoms with van der Waals surface area (Å²) in [5, 5.41) is 3.27. The van der Waals surface area contributed by atoms with Crippen LogP contribution in [0, 0.1) is 0 Å². The van der Waals surface area contributed by atoms with Crippen molar-refractivity contribution in [3.63, 3.8) is 0 Å². The predicted molar refractivity (Wildman–Crippen MR) is 71.5 cm³/mol. The fourth-order valence-corrected chi connectivity index (χ4v) is 3.15. The number of halogens is 1. The summed E-state index contributed by atoms with van der Waals surface area (Å²) in [6.07, 6.45) is 3.28. The van der Waals surface area contributed by atoms with Crippen LogP contribution in [0.3, 0.4) is 0 Å². The van der Waals surface area contributed by atoms with Crippen LogP contribution in [0.5, 0.6) is 0 Å². The van der Waals surface area contributed by atoms with Crippen molar-refractivity contribution in [1.29, 1.82) is 0 Å². The normalized spacial score (nSPS) is 16.1.